The molecule has 0 spiro atoms. The summed E-state index contributed by atoms with van der Waals surface area (Å²) in [6, 6.07) is 19.9. The van der Waals surface area contributed by atoms with Crippen LogP contribution in [0.25, 0.3) is 0 Å². The van der Waals surface area contributed by atoms with E-state index in [1.54, 1.807) is 12.1 Å². The van der Waals surface area contributed by atoms with Gasteiger partial charge in [0.2, 0.25) is 0 Å². The van der Waals surface area contributed by atoms with Crippen molar-refractivity contribution in [3.05, 3.63) is 83.0 Å². The van der Waals surface area contributed by atoms with Crippen LogP contribution in [0.5, 0.6) is 0 Å². The van der Waals surface area contributed by atoms with E-state index in [2.05, 4.69) is 86.0 Å². The molecule has 1 atom stereocenters. The van der Waals surface area contributed by atoms with E-state index in [1.165, 1.54) is 12.1 Å². The van der Waals surface area contributed by atoms with Crippen LogP contribution in [0.4, 0.5) is 13.2 Å². The van der Waals surface area contributed by atoms with E-state index in [0.717, 1.165) is 25.4 Å². The van der Waals surface area contributed by atoms with Gasteiger partial charge in [0, 0.05) is 16.8 Å². The minimum atomic E-state index is -4.32. The molecule has 0 heterocycles. The molecule has 0 aromatic heterocycles. The highest BCUT2D eigenvalue weighted by atomic mass is 127. The number of benzene rings is 3. The molecule has 0 saturated heterocycles. The third-order valence-electron chi connectivity index (χ3n) is 3.59. The fourth-order valence-electron chi connectivity index (χ4n) is 2.36. The highest BCUT2D eigenvalue weighted by Crippen LogP contribution is 2.35. The smallest absolute Gasteiger partial charge is 0.166 e. The molecule has 26 heavy (non-hydrogen) atoms. The predicted octanol–water partition coefficient (Wildman–Crippen LogP) is 7.61. The molecule has 7 heteroatoms. The first-order valence-corrected chi connectivity index (χ1v) is 11.8. The van der Waals surface area contributed by atoms with Crippen LogP contribution in [0.3, 0.4) is 0 Å². The number of halogens is 6. The molecule has 3 aromatic rings. The Bertz CT molecular complexity index is 907. The molecule has 1 unspecified atom stereocenters. The molecule has 3 rings (SSSR count). The molecule has 0 nitrogen and oxygen atoms in total. The standard InChI is InChI=1S/C19H11F3I3S/c20-19(21,22)12-1-5-14(6-2-12)26(15-7-3-13(23)4-8-15)16-9-10-17(24)18(25)11-16/h1-11H/q+1. The van der Waals surface area contributed by atoms with Crippen LogP contribution < -0.4 is 0 Å². The monoisotopic (exact) mass is 709 g/mol. The van der Waals surface area contributed by atoms with Gasteiger partial charge in [-0.2, -0.15) is 13.2 Å². The molecule has 3 aromatic carbocycles. The molecular formula is C19H11F3I3S+. The van der Waals surface area contributed by atoms with E-state index in [4.69, 9.17) is 0 Å². The second-order valence-corrected chi connectivity index (χ2v) is 11.0. The van der Waals surface area contributed by atoms with E-state index in [-0.39, 0.29) is 0 Å². The highest BCUT2D eigenvalue weighted by Gasteiger charge is 2.33. The topological polar surface area (TPSA) is 0 Å². The van der Waals surface area contributed by atoms with Crippen LogP contribution in [-0.2, 0) is 17.1 Å². The third kappa shape index (κ3) is 4.88. The van der Waals surface area contributed by atoms with Crippen LogP contribution in [0.2, 0.25) is 0 Å². The Labute approximate surface area is 193 Å². The summed E-state index contributed by atoms with van der Waals surface area (Å²) in [5, 5.41) is 0. The van der Waals surface area contributed by atoms with Crippen molar-refractivity contribution in [3.63, 3.8) is 0 Å². The second kappa shape index (κ2) is 8.56. The Balaban J connectivity index is 2.11. The first kappa shape index (κ1) is 20.7. The van der Waals surface area contributed by atoms with Gasteiger partial charge in [-0.1, -0.05) is 0 Å². The van der Waals surface area contributed by atoms with E-state index in [1.807, 2.05) is 24.3 Å². The first-order chi connectivity index (χ1) is 12.3. The Morgan fingerprint density at radius 1 is 0.615 bits per heavy atom. The van der Waals surface area contributed by atoms with Crippen molar-refractivity contribution in [3.8, 4) is 0 Å². The Hall–Kier alpha value is -0.0100. The van der Waals surface area contributed by atoms with E-state index in [9.17, 15) is 13.2 Å². The average molecular weight is 709 g/mol. The van der Waals surface area contributed by atoms with Crippen molar-refractivity contribution in [1.82, 2.24) is 0 Å². The fraction of sp³-hybridized carbons (Fsp3) is 0.0526. The summed E-state index contributed by atoms with van der Waals surface area (Å²) >= 11 is 6.82. The van der Waals surface area contributed by atoms with Crippen molar-refractivity contribution >= 4 is 78.7 Å². The summed E-state index contributed by atoms with van der Waals surface area (Å²) in [5.74, 6) is 0. The molecule has 0 bridgehead atoms. The van der Waals surface area contributed by atoms with Crippen molar-refractivity contribution in [2.45, 2.75) is 20.9 Å². The maximum Gasteiger partial charge on any atom is 0.416 e. The van der Waals surface area contributed by atoms with Gasteiger partial charge in [0.15, 0.2) is 14.7 Å². The molecule has 0 fully saturated rings. The zero-order valence-corrected chi connectivity index (χ0v) is 20.3. The quantitative estimate of drug-likeness (QED) is 0.194. The lowest BCUT2D eigenvalue weighted by atomic mass is 10.2. The first-order valence-electron chi connectivity index (χ1n) is 7.38. The summed E-state index contributed by atoms with van der Waals surface area (Å²) in [6.07, 6.45) is -4.32. The van der Waals surface area contributed by atoms with Gasteiger partial charge in [0.25, 0.3) is 0 Å². The van der Waals surface area contributed by atoms with Gasteiger partial charge >= 0.3 is 6.18 Å². The summed E-state index contributed by atoms with van der Waals surface area (Å²) < 4.78 is 42.1. The summed E-state index contributed by atoms with van der Waals surface area (Å²) in [5.41, 5.74) is -0.621. The Morgan fingerprint density at radius 2 is 1.12 bits per heavy atom. The van der Waals surface area contributed by atoms with Crippen LogP contribution in [-0.4, -0.2) is 0 Å². The van der Waals surface area contributed by atoms with Gasteiger partial charge in [-0.05, 0) is 128 Å². The van der Waals surface area contributed by atoms with Crippen LogP contribution >= 0.6 is 67.8 Å². The molecule has 0 aliphatic heterocycles. The van der Waals surface area contributed by atoms with Crippen molar-refractivity contribution < 1.29 is 13.2 Å². The molecule has 0 N–H and O–H groups in total. The minimum absolute atomic E-state index is 0.455. The maximum atomic E-state index is 12.9. The van der Waals surface area contributed by atoms with Crippen LogP contribution in [0, 0.1) is 10.7 Å². The second-order valence-electron chi connectivity index (χ2n) is 5.36. The summed E-state index contributed by atoms with van der Waals surface area (Å²) in [7, 11) is -0.455. The zero-order valence-electron chi connectivity index (χ0n) is 13.0. The predicted molar refractivity (Wildman–Crippen MR) is 125 cm³/mol. The minimum Gasteiger partial charge on any atom is -0.166 e. The van der Waals surface area contributed by atoms with Crippen LogP contribution in [0.1, 0.15) is 5.56 Å². The highest BCUT2D eigenvalue weighted by molar-refractivity contribution is 14.1. The summed E-state index contributed by atoms with van der Waals surface area (Å²) in [4.78, 5) is 3.05. The number of hydrogen-bond donors (Lipinski definition) is 0. The molecule has 0 radical (unpaired) electrons. The zero-order chi connectivity index (χ0) is 18.9. The number of alkyl halides is 3. The number of rotatable bonds is 3. The Morgan fingerprint density at radius 3 is 1.62 bits per heavy atom. The van der Waals surface area contributed by atoms with Crippen LogP contribution in [0.15, 0.2) is 81.4 Å². The SMILES string of the molecule is FC(F)(F)c1ccc([S+](c2ccc(I)cc2)c2ccc(I)c(I)c2)cc1. The van der Waals surface area contributed by atoms with Crippen molar-refractivity contribution in [2.24, 2.45) is 0 Å². The third-order valence-corrected chi connectivity index (χ3v) is 9.39. The molecule has 0 aliphatic rings. The van der Waals surface area contributed by atoms with E-state index >= 15 is 0 Å². The molecule has 0 saturated carbocycles. The van der Waals surface area contributed by atoms with Gasteiger partial charge < -0.3 is 0 Å². The molecular weight excluding hydrogens is 698 g/mol. The van der Waals surface area contributed by atoms with Crippen molar-refractivity contribution in [2.75, 3.05) is 0 Å². The lowest BCUT2D eigenvalue weighted by Gasteiger charge is -2.11. The summed E-state index contributed by atoms with van der Waals surface area (Å²) in [6.45, 7) is 0. The van der Waals surface area contributed by atoms with E-state index < -0.39 is 22.6 Å². The maximum absolute atomic E-state index is 12.9. The van der Waals surface area contributed by atoms with Gasteiger partial charge in [-0.25, -0.2) is 0 Å². The molecule has 0 amide bonds. The molecule has 0 aliphatic carbocycles. The molecule has 134 valence electrons. The average Bonchev–Trinajstić information content (AvgIpc) is 2.60. The van der Waals surface area contributed by atoms with Crippen molar-refractivity contribution in [1.29, 1.82) is 0 Å². The Kier molecular flexibility index (Phi) is 6.82. The number of hydrogen-bond acceptors (Lipinski definition) is 0. The van der Waals surface area contributed by atoms with Gasteiger partial charge in [-0.3, -0.25) is 0 Å². The fourth-order valence-corrected chi connectivity index (χ4v) is 5.86. The van der Waals surface area contributed by atoms with Gasteiger partial charge in [0.05, 0.1) is 16.5 Å². The largest absolute Gasteiger partial charge is 0.416 e. The normalized spacial score (nSPS) is 12.8. The van der Waals surface area contributed by atoms with E-state index in [0.29, 0.717) is 0 Å². The lowest BCUT2D eigenvalue weighted by molar-refractivity contribution is -0.137. The van der Waals surface area contributed by atoms with Gasteiger partial charge in [-0.15, -0.1) is 0 Å². The lowest BCUT2D eigenvalue weighted by Crippen LogP contribution is -2.08. The van der Waals surface area contributed by atoms with Gasteiger partial charge in [0.1, 0.15) is 0 Å².